The van der Waals surface area contributed by atoms with Gasteiger partial charge in [0, 0.05) is 63.0 Å². The van der Waals surface area contributed by atoms with Crippen molar-refractivity contribution < 1.29 is 30.5 Å². The summed E-state index contributed by atoms with van der Waals surface area (Å²) in [5.41, 5.74) is 9.99. The van der Waals surface area contributed by atoms with Crippen molar-refractivity contribution in [2.24, 2.45) is 5.92 Å². The standard InChI is InChI=1S/C54H60N2O6S3/c1-37-19-25-43(26-20-37)63-52-41(23-29-48-53(3,4)50-44-17-9-7-15-39(44)21-27-46(50)55(48)31-11-13-33-64(57,58)59)35-38(2)36-42(52)24-30-49-54(5,6)51-45-18-10-8-16-40(45)22-28-47(51)56(49)32-12-14-34-65(60,61)62/h7-10,15-30,38H,11-14,31-36H2,1-6H3,(H-,57,58,59,60,61,62). The fraction of sp³-hybridized carbons (Fsp3) is 0.352. The number of aryl methyl sites for hydroxylation is 1. The van der Waals surface area contributed by atoms with Crippen LogP contribution in [0.25, 0.3) is 21.5 Å². The summed E-state index contributed by atoms with van der Waals surface area (Å²) in [6.45, 7) is 14.7. The Morgan fingerprint density at radius 2 is 1.40 bits per heavy atom. The van der Waals surface area contributed by atoms with Gasteiger partial charge in [-0.2, -0.15) is 13.0 Å². The average molecular weight is 929 g/mol. The minimum Gasteiger partial charge on any atom is -0.748 e. The highest BCUT2D eigenvalue weighted by atomic mass is 32.2. The molecule has 0 radical (unpaired) electrons. The van der Waals surface area contributed by atoms with Gasteiger partial charge in [-0.15, -0.1) is 0 Å². The maximum Gasteiger partial charge on any atom is 0.264 e. The molecule has 1 N–H and O–H groups in total. The van der Waals surface area contributed by atoms with Crippen molar-refractivity contribution >= 4 is 70.6 Å². The van der Waals surface area contributed by atoms with Gasteiger partial charge in [-0.25, -0.2) is 8.42 Å². The van der Waals surface area contributed by atoms with E-state index in [1.165, 1.54) is 54.3 Å². The summed E-state index contributed by atoms with van der Waals surface area (Å²) < 4.78 is 69.9. The molecule has 5 aromatic rings. The van der Waals surface area contributed by atoms with Crippen LogP contribution in [0.4, 0.5) is 11.4 Å². The Labute approximate surface area is 390 Å². The van der Waals surface area contributed by atoms with Gasteiger partial charge in [0.05, 0.1) is 21.3 Å². The molecule has 11 heteroatoms. The number of rotatable bonds is 15. The first-order valence-corrected chi connectivity index (χ1v) is 26.8. The Hall–Kier alpha value is -4.78. The van der Waals surface area contributed by atoms with E-state index in [1.54, 1.807) is 11.8 Å². The highest BCUT2D eigenvalue weighted by Gasteiger charge is 2.46. The zero-order valence-electron chi connectivity index (χ0n) is 38.3. The first kappa shape index (κ1) is 46.7. The molecule has 5 aromatic carbocycles. The fourth-order valence-electron chi connectivity index (χ4n) is 10.4. The Morgan fingerprint density at radius 1 is 0.754 bits per heavy atom. The molecule has 3 aliphatic rings. The molecule has 8 nitrogen and oxygen atoms in total. The van der Waals surface area contributed by atoms with Crippen LogP contribution in [0.15, 0.2) is 148 Å². The number of hydrogen-bond donors (Lipinski definition) is 1. The molecule has 0 bridgehead atoms. The van der Waals surface area contributed by atoms with Crippen molar-refractivity contribution in [3.05, 3.63) is 160 Å². The van der Waals surface area contributed by atoms with E-state index in [0.717, 1.165) is 40.5 Å². The van der Waals surface area contributed by atoms with Crippen LogP contribution in [0.3, 0.4) is 0 Å². The smallest absolute Gasteiger partial charge is 0.264 e. The van der Waals surface area contributed by atoms with Gasteiger partial charge in [0.1, 0.15) is 6.54 Å². The summed E-state index contributed by atoms with van der Waals surface area (Å²) in [6, 6.07) is 34.4. The Bertz CT molecular complexity index is 3050. The van der Waals surface area contributed by atoms with Gasteiger partial charge in [0.15, 0.2) is 5.71 Å². The van der Waals surface area contributed by atoms with Crippen molar-refractivity contribution in [1.82, 2.24) is 0 Å². The molecular formula is C54H60N2O6S3. The van der Waals surface area contributed by atoms with Crippen molar-refractivity contribution in [3.8, 4) is 0 Å². The molecule has 0 spiro atoms. The minimum atomic E-state index is -4.31. The summed E-state index contributed by atoms with van der Waals surface area (Å²) in [4.78, 5) is 4.74. The minimum absolute atomic E-state index is 0.265. The molecular weight excluding hydrogens is 869 g/mol. The number of unbranched alkanes of at least 4 members (excludes halogenated alkanes) is 2. The molecule has 65 heavy (non-hydrogen) atoms. The predicted molar refractivity (Wildman–Crippen MR) is 268 cm³/mol. The van der Waals surface area contributed by atoms with E-state index in [4.69, 9.17) is 0 Å². The zero-order valence-corrected chi connectivity index (χ0v) is 40.8. The lowest BCUT2D eigenvalue weighted by Gasteiger charge is -2.28. The van der Waals surface area contributed by atoms with E-state index < -0.39 is 20.2 Å². The van der Waals surface area contributed by atoms with Crippen molar-refractivity contribution in [2.45, 2.75) is 95.8 Å². The highest BCUT2D eigenvalue weighted by molar-refractivity contribution is 8.03. The largest absolute Gasteiger partial charge is 0.748 e. The predicted octanol–water partition coefficient (Wildman–Crippen LogP) is 12.3. The van der Waals surface area contributed by atoms with Crippen molar-refractivity contribution in [2.75, 3.05) is 29.5 Å². The molecule has 0 amide bonds. The summed E-state index contributed by atoms with van der Waals surface area (Å²) >= 11 is 1.80. The van der Waals surface area contributed by atoms with Crippen LogP contribution < -0.4 is 4.90 Å². The molecule has 2 aliphatic heterocycles. The normalized spacial score (nSPS) is 19.7. The Balaban J connectivity index is 1.24. The van der Waals surface area contributed by atoms with E-state index in [9.17, 15) is 25.9 Å². The van der Waals surface area contributed by atoms with Crippen molar-refractivity contribution in [1.29, 1.82) is 0 Å². The van der Waals surface area contributed by atoms with Gasteiger partial charge in [-0.3, -0.25) is 4.55 Å². The lowest BCUT2D eigenvalue weighted by molar-refractivity contribution is -0.438. The molecule has 1 aliphatic carbocycles. The third kappa shape index (κ3) is 10.0. The maximum absolute atomic E-state index is 11.7. The number of benzene rings is 5. The maximum atomic E-state index is 11.7. The van der Waals surface area contributed by atoms with Gasteiger partial charge >= 0.3 is 0 Å². The number of allylic oxidation sites excluding steroid dienone is 7. The number of anilines is 1. The molecule has 0 aromatic heterocycles. The lowest BCUT2D eigenvalue weighted by Crippen LogP contribution is -2.28. The van der Waals surface area contributed by atoms with E-state index in [-0.39, 0.29) is 22.3 Å². The van der Waals surface area contributed by atoms with Crippen LogP contribution in [0.5, 0.6) is 0 Å². The van der Waals surface area contributed by atoms with E-state index >= 15 is 0 Å². The molecule has 0 saturated heterocycles. The molecule has 8 rings (SSSR count). The van der Waals surface area contributed by atoms with E-state index in [0.29, 0.717) is 44.7 Å². The number of thioether (sulfide) groups is 1. The fourth-order valence-corrected chi connectivity index (χ4v) is 12.6. The molecule has 1 unspecified atom stereocenters. The Kier molecular flexibility index (Phi) is 13.3. The second kappa shape index (κ2) is 18.5. The molecule has 1 atom stereocenters. The van der Waals surface area contributed by atoms with E-state index in [2.05, 4.69) is 172 Å². The summed E-state index contributed by atoms with van der Waals surface area (Å²) in [6.07, 6.45) is 12.8. The van der Waals surface area contributed by atoms with Gasteiger partial charge in [0.2, 0.25) is 5.69 Å². The summed E-state index contributed by atoms with van der Waals surface area (Å²) in [7, 11) is -8.37. The highest BCUT2D eigenvalue weighted by Crippen LogP contribution is 2.52. The van der Waals surface area contributed by atoms with E-state index in [1.807, 2.05) is 0 Å². The van der Waals surface area contributed by atoms with Crippen LogP contribution in [-0.2, 0) is 31.1 Å². The molecule has 0 saturated carbocycles. The lowest BCUT2D eigenvalue weighted by atomic mass is 9.78. The monoisotopic (exact) mass is 928 g/mol. The second-order valence-corrected chi connectivity index (χ2v) is 23.3. The zero-order chi connectivity index (χ0) is 46.3. The van der Waals surface area contributed by atoms with Crippen molar-refractivity contribution in [3.63, 3.8) is 0 Å². The number of nitrogens with zero attached hydrogens (tertiary/aromatic N) is 2. The van der Waals surface area contributed by atoms with Gasteiger partial charge in [-0.1, -0.05) is 117 Å². The van der Waals surface area contributed by atoms with Crippen LogP contribution in [0, 0.1) is 12.8 Å². The SMILES string of the molecule is Cc1ccc(SC2=C(/C=C/C3=[N+](CCCCS(=O)(=O)[O-])c4ccc5ccccc5c4C3(C)C)CC(C)C/C2=C\C=C2\N(CCCCS(=O)(=O)O)c3ccc4ccccc4c3C2(C)C)cc1. The number of hydrogen-bond acceptors (Lipinski definition) is 7. The quantitative estimate of drug-likeness (QED) is 0.0626. The molecule has 2 heterocycles. The molecule has 340 valence electrons. The van der Waals surface area contributed by atoms with Gasteiger partial charge in [-0.05, 0) is 127 Å². The summed E-state index contributed by atoms with van der Waals surface area (Å²) in [5, 5.41) is 4.75. The van der Waals surface area contributed by atoms with Crippen LogP contribution in [-0.4, -0.2) is 60.8 Å². The average Bonchev–Trinajstić information content (AvgIpc) is 3.61. The summed E-state index contributed by atoms with van der Waals surface area (Å²) in [5.74, 6) is -0.274. The molecule has 0 fully saturated rings. The third-order valence-electron chi connectivity index (χ3n) is 13.4. The first-order valence-electron chi connectivity index (χ1n) is 22.7. The van der Waals surface area contributed by atoms with Crippen LogP contribution in [0.2, 0.25) is 0 Å². The topological polar surface area (TPSA) is 118 Å². The third-order valence-corrected chi connectivity index (χ3v) is 16.2. The van der Waals surface area contributed by atoms with Gasteiger partial charge < -0.3 is 9.45 Å². The van der Waals surface area contributed by atoms with Crippen LogP contribution >= 0.6 is 11.8 Å². The Morgan fingerprint density at radius 3 is 2.08 bits per heavy atom. The number of fused-ring (bicyclic) bond motifs is 6. The van der Waals surface area contributed by atoms with Gasteiger partial charge in [0.25, 0.3) is 10.1 Å². The van der Waals surface area contributed by atoms with Crippen LogP contribution in [0.1, 0.15) is 89.8 Å². The first-order chi connectivity index (χ1) is 30.8. The second-order valence-electron chi connectivity index (χ2n) is 19.1.